The van der Waals surface area contributed by atoms with Gasteiger partial charge in [-0.05, 0) is 185 Å². The van der Waals surface area contributed by atoms with Gasteiger partial charge >= 0.3 is 0 Å². The maximum Gasteiger partial charge on any atom is 0.241 e. The first-order valence-electron chi connectivity index (χ1n) is 28.6. The number of hydrogen-bond donors (Lipinski definition) is 0. The van der Waals surface area contributed by atoms with E-state index in [1.807, 2.05) is 0 Å². The lowest BCUT2D eigenvalue weighted by atomic mass is 9.44. The molecule has 9 fully saturated rings. The van der Waals surface area contributed by atoms with Gasteiger partial charge in [0.05, 0.1) is 32.2 Å². The maximum atomic E-state index is 13.7. The molecule has 0 aromatic carbocycles. The van der Waals surface area contributed by atoms with Crippen LogP contribution in [-0.4, -0.2) is 87.3 Å². The van der Waals surface area contributed by atoms with Gasteiger partial charge in [0.25, 0.3) is 0 Å². The number of carbonyl (C=O) groups excluding carboxylic acids is 1. The second-order valence-electron chi connectivity index (χ2n) is 29.7. The molecule has 0 aromatic rings. The Kier molecular flexibility index (Phi) is 15.3. The monoisotopic (exact) mass is 1050 g/mol. The lowest BCUT2D eigenvalue weighted by Crippen LogP contribution is -2.59. The van der Waals surface area contributed by atoms with Gasteiger partial charge in [0.15, 0.2) is 28.2 Å². The molecular formula is C58H103ClO8Si3. The Balaban J connectivity index is 0.000000183. The third-order valence-electron chi connectivity index (χ3n) is 23.1. The molecule has 8 aliphatic carbocycles. The minimum Gasteiger partial charge on any atom is -0.547 e. The number of Topliss-reactive ketones (excluding diaryl/α,β-unsaturated/α-hetero) is 1. The maximum absolute atomic E-state index is 13.7. The summed E-state index contributed by atoms with van der Waals surface area (Å²) in [6, 6.07) is 0. The molecule has 2 spiro atoms. The minimum absolute atomic E-state index is 0.0663. The van der Waals surface area contributed by atoms with Gasteiger partial charge in [-0.25, -0.2) is 0 Å². The second-order valence-corrected chi connectivity index (χ2v) is 43.6. The largest absolute Gasteiger partial charge is 0.547 e. The van der Waals surface area contributed by atoms with Crippen molar-refractivity contribution in [2.45, 2.75) is 245 Å². The van der Waals surface area contributed by atoms with Crippen molar-refractivity contribution in [3.05, 3.63) is 11.8 Å². The highest BCUT2D eigenvalue weighted by atomic mass is 35.5. The molecule has 10 rings (SSSR count). The van der Waals surface area contributed by atoms with Crippen molar-refractivity contribution in [1.29, 1.82) is 0 Å². The third-order valence-corrected chi connectivity index (χ3v) is 33.1. The van der Waals surface area contributed by atoms with Crippen LogP contribution in [0.1, 0.15) is 166 Å². The summed E-state index contributed by atoms with van der Waals surface area (Å²) in [5.74, 6) is 5.42. The molecule has 0 amide bonds. The van der Waals surface area contributed by atoms with E-state index in [-0.39, 0.29) is 55.3 Å². The van der Waals surface area contributed by atoms with Crippen LogP contribution < -0.4 is 0 Å². The van der Waals surface area contributed by atoms with Crippen molar-refractivity contribution in [3.63, 3.8) is 0 Å². The number of rotatable bonds is 6. The zero-order valence-electron chi connectivity index (χ0n) is 47.9. The Morgan fingerprint density at radius 2 is 0.971 bits per heavy atom. The summed E-state index contributed by atoms with van der Waals surface area (Å²) >= 11 is 4.64. The summed E-state index contributed by atoms with van der Waals surface area (Å²) in [5, 5.41) is 0.460. The Morgan fingerprint density at radius 1 is 0.557 bits per heavy atom. The SMILES string of the molecule is CC(C)(C)[Si](C)(C)O[C@H]1CC[C@@]2(C)[C@H](C1)C(=O)C[C@@H]1[C@@H]2CC[C@@]2(C)[C@H]1CCC21OCCO1.CC(C)(C)[Si](C)(C)O[C@H]1CC[C@@]2(C)[C@H](C1)C(O[Si](C)(C)C)=C[C@@H]1[C@@H]2CC[C@@]2(C)[C@H]1CCC21OCCO1.CCl. The highest BCUT2D eigenvalue weighted by molar-refractivity contribution is 6.74. The Labute approximate surface area is 436 Å². The van der Waals surface area contributed by atoms with Gasteiger partial charge in [0.1, 0.15) is 5.78 Å². The number of halogens is 1. The fourth-order valence-electron chi connectivity index (χ4n) is 17.3. The average Bonchev–Trinajstić information content (AvgIpc) is 4.06. The topological polar surface area (TPSA) is 81.7 Å². The van der Waals surface area contributed by atoms with Crippen LogP contribution in [0.2, 0.25) is 55.9 Å². The first-order chi connectivity index (χ1) is 32.3. The molecule has 70 heavy (non-hydrogen) atoms. The predicted octanol–water partition coefficient (Wildman–Crippen LogP) is 15.3. The fraction of sp³-hybridized carbons (Fsp3) is 0.948. The highest BCUT2D eigenvalue weighted by Crippen LogP contribution is 2.71. The molecule has 8 nitrogen and oxygen atoms in total. The van der Waals surface area contributed by atoms with Crippen molar-refractivity contribution < 1.29 is 37.0 Å². The summed E-state index contributed by atoms with van der Waals surface area (Å²) in [6.45, 7) is 43.5. The van der Waals surface area contributed by atoms with Crippen LogP contribution in [0, 0.1) is 69.0 Å². The van der Waals surface area contributed by atoms with Crippen LogP contribution in [0.3, 0.4) is 0 Å². The van der Waals surface area contributed by atoms with Crippen molar-refractivity contribution in [1.82, 2.24) is 0 Å². The zero-order chi connectivity index (χ0) is 51.5. The molecule has 0 unspecified atom stereocenters. The smallest absolute Gasteiger partial charge is 0.241 e. The van der Waals surface area contributed by atoms with Crippen molar-refractivity contribution in [2.24, 2.45) is 69.0 Å². The van der Waals surface area contributed by atoms with E-state index in [1.165, 1.54) is 57.1 Å². The number of ether oxygens (including phenoxy) is 4. The fourth-order valence-corrected chi connectivity index (χ4v) is 21.0. The number of ketones is 1. The van der Waals surface area contributed by atoms with Crippen molar-refractivity contribution in [2.75, 3.05) is 32.8 Å². The molecule has 12 heteroatoms. The van der Waals surface area contributed by atoms with Crippen LogP contribution in [-0.2, 0) is 37.0 Å². The standard InChI is InChI=1S/C30H54O4Si2.C27H46O4Si.CH3Cl/c1-27(2,3)36(9,10)33-21-11-14-28(4)23-12-15-29(5)24(13-16-30(29)31-17-18-32-30)22(23)20-26(25(28)19-21)34-35(6,7)8;1-24(2,3)32(6,7)31-18-8-11-25(4)20-9-12-26(5)21(10-13-27(26)29-14-15-30-27)19(20)17-23(28)22(25)16-18;1-2/h20-25H,11-19H2,1-10H3;18-22H,8-17H2,1-7H3;1H3/t21-,22+,23-,24-,25+,28+,29-;18-,19+,20-,21-,22+,25+,26-;/m00./s1. The van der Waals surface area contributed by atoms with E-state index >= 15 is 0 Å². The minimum atomic E-state index is -1.82. The van der Waals surface area contributed by atoms with Crippen molar-refractivity contribution in [3.8, 4) is 0 Å². The summed E-state index contributed by atoms with van der Waals surface area (Å²) in [6.07, 6.45) is 21.6. The number of fused-ring (bicyclic) bond motifs is 12. The first-order valence-corrected chi connectivity index (χ1v) is 38.6. The van der Waals surface area contributed by atoms with Crippen LogP contribution in [0.5, 0.6) is 0 Å². The number of carbonyl (C=O) groups is 1. The van der Waals surface area contributed by atoms with E-state index in [1.54, 1.807) is 0 Å². The van der Waals surface area contributed by atoms with Crippen molar-refractivity contribution >= 4 is 42.3 Å². The Morgan fingerprint density at radius 3 is 1.44 bits per heavy atom. The van der Waals surface area contributed by atoms with Gasteiger partial charge in [-0.3, -0.25) is 4.79 Å². The van der Waals surface area contributed by atoms with E-state index in [0.717, 1.165) is 83.7 Å². The summed E-state index contributed by atoms with van der Waals surface area (Å²) in [5.41, 5.74) is 0.603. The molecule has 0 N–H and O–H groups in total. The molecule has 14 atom stereocenters. The molecule has 7 saturated carbocycles. The van der Waals surface area contributed by atoms with Gasteiger partial charge in [0, 0.05) is 60.5 Å². The van der Waals surface area contributed by atoms with E-state index in [0.29, 0.717) is 47.4 Å². The molecule has 0 bridgehead atoms. The molecule has 2 heterocycles. The van der Waals surface area contributed by atoms with E-state index in [4.69, 9.17) is 32.2 Å². The third kappa shape index (κ3) is 9.29. The summed E-state index contributed by atoms with van der Waals surface area (Å²) in [4.78, 5) is 13.7. The highest BCUT2D eigenvalue weighted by Gasteiger charge is 2.70. The molecule has 2 aliphatic heterocycles. The number of allylic oxidation sites excluding steroid dienone is 2. The Hall–Kier alpha value is -0.0894. The lowest BCUT2D eigenvalue weighted by molar-refractivity contribution is -0.246. The van der Waals surface area contributed by atoms with Crippen LogP contribution in [0.4, 0.5) is 0 Å². The molecule has 0 radical (unpaired) electrons. The molecule has 2 saturated heterocycles. The van der Waals surface area contributed by atoms with Gasteiger partial charge < -0.3 is 32.2 Å². The van der Waals surface area contributed by atoms with Crippen LogP contribution in [0.15, 0.2) is 11.8 Å². The number of alkyl halides is 1. The Bertz CT molecular complexity index is 1930. The first kappa shape index (κ1) is 56.1. The molecule has 0 aromatic heterocycles. The van der Waals surface area contributed by atoms with Gasteiger partial charge in [-0.15, -0.1) is 11.6 Å². The van der Waals surface area contributed by atoms with Crippen LogP contribution >= 0.6 is 11.6 Å². The quantitative estimate of drug-likeness (QED) is 0.192. The normalized spacial score (nSPS) is 43.0. The van der Waals surface area contributed by atoms with E-state index < -0.39 is 25.0 Å². The predicted molar refractivity (Wildman–Crippen MR) is 292 cm³/mol. The molecule has 402 valence electrons. The van der Waals surface area contributed by atoms with E-state index in [9.17, 15) is 4.79 Å². The van der Waals surface area contributed by atoms with Gasteiger partial charge in [-0.2, -0.15) is 0 Å². The molecular weight excluding hydrogens is 944 g/mol. The molecule has 10 aliphatic rings. The summed E-state index contributed by atoms with van der Waals surface area (Å²) < 4.78 is 46.2. The summed E-state index contributed by atoms with van der Waals surface area (Å²) in [7, 11) is -5.36. The zero-order valence-corrected chi connectivity index (χ0v) is 51.7. The van der Waals surface area contributed by atoms with E-state index in [2.05, 4.69) is 133 Å². The lowest BCUT2D eigenvalue weighted by Gasteiger charge is -2.61. The van der Waals surface area contributed by atoms with Gasteiger partial charge in [-0.1, -0.05) is 69.2 Å². The number of hydrogen-bond acceptors (Lipinski definition) is 8. The second kappa shape index (κ2) is 19.1. The average molecular weight is 1050 g/mol. The van der Waals surface area contributed by atoms with Crippen LogP contribution in [0.25, 0.3) is 0 Å². The van der Waals surface area contributed by atoms with Gasteiger partial charge in [0.2, 0.25) is 8.32 Å².